The molecule has 0 spiro atoms. The molecule has 0 aromatic heterocycles. The molecule has 0 aliphatic carbocycles. The largest absolute Gasteiger partial charge is 0.493 e. The van der Waals surface area contributed by atoms with Crippen molar-refractivity contribution in [1.82, 2.24) is 0 Å². The van der Waals surface area contributed by atoms with Gasteiger partial charge in [0.2, 0.25) is 0 Å². The van der Waals surface area contributed by atoms with Crippen molar-refractivity contribution in [2.24, 2.45) is 5.92 Å². The Kier molecular flexibility index (Phi) is 4.67. The Hall–Kier alpha value is -0.980. The molecule has 84 valence electrons. The minimum atomic E-state index is 0.833. The van der Waals surface area contributed by atoms with Gasteiger partial charge in [-0.1, -0.05) is 32.9 Å². The number of hydrogen-bond acceptors (Lipinski definition) is 1. The van der Waals surface area contributed by atoms with Gasteiger partial charge in [-0.25, -0.2) is 0 Å². The van der Waals surface area contributed by atoms with E-state index in [2.05, 4.69) is 45.9 Å². The van der Waals surface area contributed by atoms with Gasteiger partial charge in [-0.15, -0.1) is 0 Å². The molecule has 0 saturated carbocycles. The lowest BCUT2D eigenvalue weighted by atomic mass is 10.0. The van der Waals surface area contributed by atoms with Crippen molar-refractivity contribution in [3.63, 3.8) is 0 Å². The number of ether oxygens (including phenoxy) is 1. The standard InChI is InChI=1S/C10H12O.C4H10/c1-8-4-5-9-3-2-6-11-10(9)7-8;1-4(2)3/h4-5,7H,2-3,6H2,1H3;4H,1-3H3. The lowest BCUT2D eigenvalue weighted by Crippen LogP contribution is -2.07. The summed E-state index contributed by atoms with van der Waals surface area (Å²) in [6.45, 7) is 9.48. The maximum atomic E-state index is 5.50. The molecule has 2 rings (SSSR count). The third kappa shape index (κ3) is 4.37. The second kappa shape index (κ2) is 5.79. The summed E-state index contributed by atoms with van der Waals surface area (Å²) in [5, 5.41) is 0. The Bertz CT molecular complexity index is 299. The molecule has 0 bridgehead atoms. The third-order valence-electron chi connectivity index (χ3n) is 2.07. The molecule has 1 heteroatoms. The van der Waals surface area contributed by atoms with E-state index in [1.165, 1.54) is 17.5 Å². The number of aryl methyl sites for hydroxylation is 2. The molecule has 1 aromatic rings. The summed E-state index contributed by atoms with van der Waals surface area (Å²) in [5.41, 5.74) is 2.65. The molecule has 0 N–H and O–H groups in total. The van der Waals surface area contributed by atoms with Gasteiger partial charge in [0.05, 0.1) is 6.61 Å². The Morgan fingerprint density at radius 2 is 1.87 bits per heavy atom. The zero-order chi connectivity index (χ0) is 11.3. The monoisotopic (exact) mass is 206 g/mol. The highest BCUT2D eigenvalue weighted by Gasteiger charge is 2.08. The van der Waals surface area contributed by atoms with E-state index in [1.54, 1.807) is 0 Å². The van der Waals surface area contributed by atoms with Crippen LogP contribution in [0.25, 0.3) is 0 Å². The van der Waals surface area contributed by atoms with Gasteiger partial charge in [0, 0.05) is 0 Å². The van der Waals surface area contributed by atoms with Crippen molar-refractivity contribution in [1.29, 1.82) is 0 Å². The predicted molar refractivity (Wildman–Crippen MR) is 65.5 cm³/mol. The first-order chi connectivity index (χ1) is 7.09. The van der Waals surface area contributed by atoms with E-state index in [9.17, 15) is 0 Å². The summed E-state index contributed by atoms with van der Waals surface area (Å²) in [6, 6.07) is 6.44. The van der Waals surface area contributed by atoms with Crippen LogP contribution in [0.15, 0.2) is 18.2 Å². The highest BCUT2D eigenvalue weighted by molar-refractivity contribution is 5.38. The molecule has 1 aromatic carbocycles. The van der Waals surface area contributed by atoms with E-state index < -0.39 is 0 Å². The quantitative estimate of drug-likeness (QED) is 0.624. The molecule has 0 amide bonds. The second-order valence-electron chi connectivity index (χ2n) is 4.80. The van der Waals surface area contributed by atoms with E-state index >= 15 is 0 Å². The highest BCUT2D eigenvalue weighted by atomic mass is 16.5. The SMILES string of the molecule is CC(C)C.Cc1ccc2c(c1)OCCC2. The Balaban J connectivity index is 0.000000245. The van der Waals surface area contributed by atoms with Gasteiger partial charge < -0.3 is 4.74 Å². The van der Waals surface area contributed by atoms with Gasteiger partial charge in [-0.3, -0.25) is 0 Å². The third-order valence-corrected chi connectivity index (χ3v) is 2.07. The molecular weight excluding hydrogens is 184 g/mol. The molecule has 0 saturated heterocycles. The van der Waals surface area contributed by atoms with Gasteiger partial charge >= 0.3 is 0 Å². The average molecular weight is 206 g/mol. The fourth-order valence-electron chi connectivity index (χ4n) is 1.45. The maximum Gasteiger partial charge on any atom is 0.122 e. The zero-order valence-electron chi connectivity index (χ0n) is 10.3. The number of hydrogen-bond donors (Lipinski definition) is 0. The van der Waals surface area contributed by atoms with E-state index in [1.807, 2.05) is 0 Å². The predicted octanol–water partition coefficient (Wildman–Crippen LogP) is 3.98. The lowest BCUT2D eigenvalue weighted by Gasteiger charge is -2.16. The number of rotatable bonds is 0. The van der Waals surface area contributed by atoms with Crippen molar-refractivity contribution in [3.05, 3.63) is 29.3 Å². The van der Waals surface area contributed by atoms with Crippen LogP contribution in [-0.2, 0) is 6.42 Å². The molecular formula is C14H22O. The highest BCUT2D eigenvalue weighted by Crippen LogP contribution is 2.25. The topological polar surface area (TPSA) is 9.23 Å². The minimum absolute atomic E-state index is 0.833. The Morgan fingerprint density at radius 1 is 1.20 bits per heavy atom. The van der Waals surface area contributed by atoms with Crippen LogP contribution in [0.2, 0.25) is 0 Å². The zero-order valence-corrected chi connectivity index (χ0v) is 10.3. The fraction of sp³-hybridized carbons (Fsp3) is 0.571. The van der Waals surface area contributed by atoms with Gasteiger partial charge in [0.15, 0.2) is 0 Å². The van der Waals surface area contributed by atoms with Crippen LogP contribution in [-0.4, -0.2) is 6.61 Å². The second-order valence-corrected chi connectivity index (χ2v) is 4.80. The first-order valence-corrected chi connectivity index (χ1v) is 5.82. The van der Waals surface area contributed by atoms with E-state index in [0.29, 0.717) is 0 Å². The summed E-state index contributed by atoms with van der Waals surface area (Å²) in [7, 11) is 0. The summed E-state index contributed by atoms with van der Waals surface area (Å²) >= 11 is 0. The maximum absolute atomic E-state index is 5.50. The van der Waals surface area contributed by atoms with E-state index in [-0.39, 0.29) is 0 Å². The molecule has 0 atom stereocenters. The van der Waals surface area contributed by atoms with Gasteiger partial charge in [-0.2, -0.15) is 0 Å². The lowest BCUT2D eigenvalue weighted by molar-refractivity contribution is 0.288. The summed E-state index contributed by atoms with van der Waals surface area (Å²) in [4.78, 5) is 0. The molecule has 15 heavy (non-hydrogen) atoms. The fourth-order valence-corrected chi connectivity index (χ4v) is 1.45. The summed E-state index contributed by atoms with van der Waals surface area (Å²) in [5.74, 6) is 1.93. The first kappa shape index (κ1) is 12.1. The molecule has 0 fully saturated rings. The van der Waals surface area contributed by atoms with Gasteiger partial charge in [0.1, 0.15) is 5.75 Å². The molecule has 0 unspecified atom stereocenters. The van der Waals surface area contributed by atoms with Crippen molar-refractivity contribution < 1.29 is 4.74 Å². The van der Waals surface area contributed by atoms with Crippen molar-refractivity contribution >= 4 is 0 Å². The summed E-state index contributed by atoms with van der Waals surface area (Å²) in [6.07, 6.45) is 2.34. The van der Waals surface area contributed by atoms with Crippen LogP contribution >= 0.6 is 0 Å². The Morgan fingerprint density at radius 3 is 2.53 bits per heavy atom. The van der Waals surface area contributed by atoms with Crippen molar-refractivity contribution in [3.8, 4) is 5.75 Å². The Labute approximate surface area is 93.5 Å². The van der Waals surface area contributed by atoms with Crippen LogP contribution in [0.1, 0.15) is 38.3 Å². The first-order valence-electron chi connectivity index (χ1n) is 5.82. The number of benzene rings is 1. The van der Waals surface area contributed by atoms with Crippen LogP contribution in [0, 0.1) is 12.8 Å². The van der Waals surface area contributed by atoms with Crippen LogP contribution in [0.3, 0.4) is 0 Å². The average Bonchev–Trinajstić information content (AvgIpc) is 2.16. The molecule has 1 aliphatic rings. The molecule has 0 radical (unpaired) electrons. The van der Waals surface area contributed by atoms with Crippen LogP contribution in [0.4, 0.5) is 0 Å². The van der Waals surface area contributed by atoms with Crippen molar-refractivity contribution in [2.45, 2.75) is 40.5 Å². The minimum Gasteiger partial charge on any atom is -0.493 e. The molecule has 1 aliphatic heterocycles. The van der Waals surface area contributed by atoms with Gasteiger partial charge in [0.25, 0.3) is 0 Å². The molecule has 1 heterocycles. The van der Waals surface area contributed by atoms with Gasteiger partial charge in [-0.05, 0) is 42.9 Å². The molecule has 1 nitrogen and oxygen atoms in total. The van der Waals surface area contributed by atoms with E-state index in [4.69, 9.17) is 4.74 Å². The normalized spacial score (nSPS) is 13.7. The smallest absolute Gasteiger partial charge is 0.122 e. The van der Waals surface area contributed by atoms with Crippen molar-refractivity contribution in [2.75, 3.05) is 6.61 Å². The van der Waals surface area contributed by atoms with E-state index in [0.717, 1.165) is 24.7 Å². The number of fused-ring (bicyclic) bond motifs is 1. The summed E-state index contributed by atoms with van der Waals surface area (Å²) < 4.78 is 5.50. The van der Waals surface area contributed by atoms with Crippen LogP contribution in [0.5, 0.6) is 5.75 Å². The van der Waals surface area contributed by atoms with Crippen LogP contribution < -0.4 is 4.74 Å².